The van der Waals surface area contributed by atoms with Crippen LogP contribution in [0.4, 0.5) is 10.1 Å². The van der Waals surface area contributed by atoms with Gasteiger partial charge in [0.2, 0.25) is 10.0 Å². The number of nitrogens with two attached hydrogens (primary N) is 1. The van der Waals surface area contributed by atoms with Gasteiger partial charge in [0.25, 0.3) is 5.69 Å². The molecule has 1 aromatic rings. The first-order chi connectivity index (χ1) is 10.3. The highest BCUT2D eigenvalue weighted by atomic mass is 35.5. The summed E-state index contributed by atoms with van der Waals surface area (Å²) in [5.74, 6) is -0.908. The molecule has 2 rings (SSSR count). The number of halogens is 2. The maximum absolute atomic E-state index is 13.9. The van der Waals surface area contributed by atoms with E-state index in [1.165, 1.54) is 11.2 Å². The zero-order chi connectivity index (χ0) is 16.5. The van der Waals surface area contributed by atoms with Crippen molar-refractivity contribution in [2.24, 2.45) is 5.73 Å². The van der Waals surface area contributed by atoms with E-state index in [-0.39, 0.29) is 37.1 Å². The topological polar surface area (TPSA) is 107 Å². The van der Waals surface area contributed by atoms with Crippen LogP contribution in [0.2, 0.25) is 0 Å². The number of nitro benzene ring substituents is 1. The van der Waals surface area contributed by atoms with Crippen LogP contribution in [0, 0.1) is 22.9 Å². The lowest BCUT2D eigenvalue weighted by Crippen LogP contribution is -2.47. The second-order valence-electron chi connectivity index (χ2n) is 5.31. The van der Waals surface area contributed by atoms with Crippen molar-refractivity contribution in [2.45, 2.75) is 37.1 Å². The summed E-state index contributed by atoms with van der Waals surface area (Å²) in [6.45, 7) is 1.69. The number of nitro groups is 1. The minimum Gasteiger partial charge on any atom is -0.329 e. The Morgan fingerprint density at radius 2 is 2.09 bits per heavy atom. The first-order valence-corrected chi connectivity index (χ1v) is 8.39. The molecule has 0 aliphatic carbocycles. The van der Waals surface area contributed by atoms with Gasteiger partial charge in [-0.15, -0.1) is 12.4 Å². The van der Waals surface area contributed by atoms with Crippen LogP contribution >= 0.6 is 12.4 Å². The molecule has 130 valence electrons. The van der Waals surface area contributed by atoms with Crippen LogP contribution in [0.15, 0.2) is 17.0 Å². The van der Waals surface area contributed by atoms with E-state index in [1.54, 1.807) is 0 Å². The van der Waals surface area contributed by atoms with E-state index >= 15 is 0 Å². The molecule has 1 unspecified atom stereocenters. The molecule has 10 heteroatoms. The van der Waals surface area contributed by atoms with E-state index in [4.69, 9.17) is 5.73 Å². The van der Waals surface area contributed by atoms with Crippen molar-refractivity contribution in [2.75, 3.05) is 13.1 Å². The highest BCUT2D eigenvalue weighted by Gasteiger charge is 2.34. The maximum Gasteiger partial charge on any atom is 0.276 e. The molecule has 0 radical (unpaired) electrons. The molecule has 1 saturated heterocycles. The molecule has 0 spiro atoms. The van der Waals surface area contributed by atoms with Crippen molar-refractivity contribution in [1.29, 1.82) is 0 Å². The summed E-state index contributed by atoms with van der Waals surface area (Å²) in [6.07, 6.45) is 2.19. The van der Waals surface area contributed by atoms with E-state index in [2.05, 4.69) is 0 Å². The number of hydrogen-bond donors (Lipinski definition) is 1. The van der Waals surface area contributed by atoms with Crippen molar-refractivity contribution < 1.29 is 17.7 Å². The molecule has 0 aromatic heterocycles. The normalized spacial score (nSPS) is 19.2. The lowest BCUT2D eigenvalue weighted by Gasteiger charge is -2.33. The molecule has 1 aliphatic heterocycles. The zero-order valence-corrected chi connectivity index (χ0v) is 14.2. The van der Waals surface area contributed by atoms with Gasteiger partial charge in [-0.1, -0.05) is 6.42 Å². The fourth-order valence-electron chi connectivity index (χ4n) is 2.64. The Hall–Kier alpha value is -1.29. The van der Waals surface area contributed by atoms with Crippen molar-refractivity contribution in [3.63, 3.8) is 0 Å². The molecule has 1 aromatic carbocycles. The Balaban J connectivity index is 0.00000264. The van der Waals surface area contributed by atoms with Crippen LogP contribution in [-0.2, 0) is 10.0 Å². The van der Waals surface area contributed by atoms with Crippen molar-refractivity contribution in [3.8, 4) is 0 Å². The van der Waals surface area contributed by atoms with Crippen LogP contribution in [-0.4, -0.2) is 36.8 Å². The van der Waals surface area contributed by atoms with Gasteiger partial charge in [0.05, 0.1) is 15.4 Å². The Morgan fingerprint density at radius 3 is 2.65 bits per heavy atom. The molecular formula is C13H19ClFN3O4S. The summed E-state index contributed by atoms with van der Waals surface area (Å²) in [7, 11) is -4.01. The molecule has 0 amide bonds. The molecule has 1 heterocycles. The lowest BCUT2D eigenvalue weighted by molar-refractivity contribution is -0.385. The van der Waals surface area contributed by atoms with E-state index in [0.29, 0.717) is 12.8 Å². The lowest BCUT2D eigenvalue weighted by atomic mass is 10.1. The van der Waals surface area contributed by atoms with Gasteiger partial charge >= 0.3 is 0 Å². The molecule has 2 N–H and O–H groups in total. The van der Waals surface area contributed by atoms with Gasteiger partial charge in [-0.3, -0.25) is 10.1 Å². The van der Waals surface area contributed by atoms with E-state index < -0.39 is 31.3 Å². The smallest absolute Gasteiger partial charge is 0.276 e. The predicted molar refractivity (Wildman–Crippen MR) is 85.6 cm³/mol. The van der Waals surface area contributed by atoms with Crippen LogP contribution in [0.5, 0.6) is 0 Å². The molecule has 1 aliphatic rings. The number of hydrogen-bond acceptors (Lipinski definition) is 5. The van der Waals surface area contributed by atoms with Gasteiger partial charge in [0.1, 0.15) is 5.82 Å². The second-order valence-corrected chi connectivity index (χ2v) is 7.20. The molecule has 1 fully saturated rings. The maximum atomic E-state index is 13.9. The first kappa shape index (κ1) is 19.8. The standard InChI is InChI=1S/C13H18FN3O4S.ClH/c1-9-12(14)6-11(7-13(9)17(18)19)22(20,21)16-5-3-2-4-10(16)8-15;/h6-7,10H,2-5,8,15H2,1H3;1H. The minimum absolute atomic E-state index is 0. The third-order valence-corrected chi connectivity index (χ3v) is 5.87. The summed E-state index contributed by atoms with van der Waals surface area (Å²) in [6, 6.07) is 1.39. The fraction of sp³-hybridized carbons (Fsp3) is 0.538. The van der Waals surface area contributed by atoms with Crippen LogP contribution < -0.4 is 5.73 Å². The third-order valence-electron chi connectivity index (χ3n) is 3.94. The highest BCUT2D eigenvalue weighted by molar-refractivity contribution is 7.89. The average molecular weight is 368 g/mol. The van der Waals surface area contributed by atoms with E-state index in [9.17, 15) is 22.9 Å². The quantitative estimate of drug-likeness (QED) is 0.646. The Kier molecular flexibility index (Phi) is 6.46. The van der Waals surface area contributed by atoms with Crippen molar-refractivity contribution in [1.82, 2.24) is 4.31 Å². The first-order valence-electron chi connectivity index (χ1n) is 6.95. The third kappa shape index (κ3) is 3.79. The minimum atomic E-state index is -4.01. The number of benzene rings is 1. The fourth-order valence-corrected chi connectivity index (χ4v) is 4.38. The summed E-state index contributed by atoms with van der Waals surface area (Å²) < 4.78 is 40.4. The van der Waals surface area contributed by atoms with Crippen LogP contribution in [0.3, 0.4) is 0 Å². The molecule has 0 bridgehead atoms. The highest BCUT2D eigenvalue weighted by Crippen LogP contribution is 2.30. The molecule has 1 atom stereocenters. The number of sulfonamides is 1. The Morgan fingerprint density at radius 1 is 1.43 bits per heavy atom. The molecule has 23 heavy (non-hydrogen) atoms. The summed E-state index contributed by atoms with van der Waals surface area (Å²) in [5.41, 5.74) is 4.89. The molecular weight excluding hydrogens is 349 g/mol. The van der Waals surface area contributed by atoms with Crippen LogP contribution in [0.25, 0.3) is 0 Å². The van der Waals surface area contributed by atoms with Crippen LogP contribution in [0.1, 0.15) is 24.8 Å². The monoisotopic (exact) mass is 367 g/mol. The zero-order valence-electron chi connectivity index (χ0n) is 12.6. The molecule has 0 saturated carbocycles. The Bertz CT molecular complexity index is 699. The van der Waals surface area contributed by atoms with Gasteiger partial charge in [0, 0.05) is 25.2 Å². The largest absolute Gasteiger partial charge is 0.329 e. The van der Waals surface area contributed by atoms with Gasteiger partial charge in [0.15, 0.2) is 0 Å². The van der Waals surface area contributed by atoms with Crippen molar-refractivity contribution in [3.05, 3.63) is 33.6 Å². The number of rotatable bonds is 4. The van der Waals surface area contributed by atoms with Gasteiger partial charge in [-0.05, 0) is 25.8 Å². The van der Waals surface area contributed by atoms with Gasteiger partial charge < -0.3 is 5.73 Å². The van der Waals surface area contributed by atoms with E-state index in [1.807, 2.05) is 0 Å². The van der Waals surface area contributed by atoms with Gasteiger partial charge in [-0.25, -0.2) is 12.8 Å². The number of nitrogens with zero attached hydrogens (tertiary/aromatic N) is 2. The summed E-state index contributed by atoms with van der Waals surface area (Å²) in [5, 5.41) is 11.0. The number of piperidine rings is 1. The predicted octanol–water partition coefficient (Wildman–Crippen LogP) is 1.97. The average Bonchev–Trinajstić information content (AvgIpc) is 2.49. The SMILES string of the molecule is Cc1c(F)cc(S(=O)(=O)N2CCCCC2CN)cc1[N+](=O)[O-].Cl. The van der Waals surface area contributed by atoms with Crippen molar-refractivity contribution >= 4 is 28.1 Å². The second kappa shape index (κ2) is 7.52. The molecule has 7 nitrogen and oxygen atoms in total. The van der Waals surface area contributed by atoms with Gasteiger partial charge in [-0.2, -0.15) is 4.31 Å². The van der Waals surface area contributed by atoms with E-state index in [0.717, 1.165) is 18.6 Å². The Labute approximate surface area is 140 Å². The summed E-state index contributed by atoms with van der Waals surface area (Å²) >= 11 is 0. The summed E-state index contributed by atoms with van der Waals surface area (Å²) in [4.78, 5) is 9.78.